The first-order valence-electron chi connectivity index (χ1n) is 2.59. The Labute approximate surface area is 59.4 Å². The van der Waals surface area contributed by atoms with Gasteiger partial charge in [0.15, 0.2) is 0 Å². The molecule has 0 rings (SSSR count). The predicted molar refractivity (Wildman–Crippen MR) is 38.7 cm³/mol. The van der Waals surface area contributed by atoms with Crippen LogP contribution in [-0.2, 0) is 4.74 Å². The molecule has 0 heterocycles. The number of hydrogen-bond acceptors (Lipinski definition) is 3. The summed E-state index contributed by atoms with van der Waals surface area (Å²) in [6.07, 6.45) is 0.217. The van der Waals surface area contributed by atoms with Crippen molar-refractivity contribution < 1.29 is 9.53 Å². The lowest BCUT2D eigenvalue weighted by atomic mass is 10.5. The molecule has 0 aromatic rings. The maximum absolute atomic E-state index is 10.3. The average Bonchev–Trinajstić information content (AvgIpc) is 1.89. The number of hydrogen-bond donors (Lipinski definition) is 1. The first-order chi connectivity index (χ1) is 4.31. The molecule has 0 aromatic carbocycles. The number of nitrogens with one attached hydrogen (secondary N) is 1. The second-order valence-electron chi connectivity index (χ2n) is 1.34. The Morgan fingerprint density at radius 2 is 2.56 bits per heavy atom. The van der Waals surface area contributed by atoms with E-state index in [9.17, 15) is 4.79 Å². The summed E-state index contributed by atoms with van der Waals surface area (Å²) in [5, 5.41) is 3.85. The van der Waals surface area contributed by atoms with Crippen molar-refractivity contribution in [2.24, 2.45) is 0 Å². The highest BCUT2D eigenvalue weighted by atomic mass is 32.1. The van der Waals surface area contributed by atoms with Crippen molar-refractivity contribution in [3.8, 4) is 0 Å². The van der Waals surface area contributed by atoms with Crippen LogP contribution in [0.2, 0.25) is 0 Å². The lowest BCUT2D eigenvalue weighted by molar-refractivity contribution is 0.152. The van der Waals surface area contributed by atoms with Crippen molar-refractivity contribution >= 4 is 23.7 Å². The second-order valence-corrected chi connectivity index (χ2v) is 1.67. The molecule has 4 heteroatoms. The smallest absolute Gasteiger partial charge is 0.406 e. The molecule has 0 saturated heterocycles. The summed E-state index contributed by atoms with van der Waals surface area (Å²) in [6, 6.07) is 0. The standard InChI is InChI=1S/C5H9NO2S/c1-6-5(7)8-3-2-4-9/h4H,2-3H2,1H3,(H,6,7). The fourth-order valence-electron chi connectivity index (χ4n) is 0.272. The zero-order valence-corrected chi connectivity index (χ0v) is 6.03. The van der Waals surface area contributed by atoms with E-state index in [1.54, 1.807) is 0 Å². The summed E-state index contributed by atoms with van der Waals surface area (Å²) in [5.74, 6) is 0. The maximum Gasteiger partial charge on any atom is 0.406 e. The lowest BCUT2D eigenvalue weighted by Crippen LogP contribution is -2.19. The van der Waals surface area contributed by atoms with Gasteiger partial charge in [0.25, 0.3) is 0 Å². The number of ether oxygens (including phenoxy) is 1. The highest BCUT2D eigenvalue weighted by molar-refractivity contribution is 7.78. The topological polar surface area (TPSA) is 38.3 Å². The molecule has 0 bridgehead atoms. The van der Waals surface area contributed by atoms with Crippen LogP contribution in [0.1, 0.15) is 6.42 Å². The zero-order valence-electron chi connectivity index (χ0n) is 5.22. The number of amides is 1. The van der Waals surface area contributed by atoms with Gasteiger partial charge in [-0.05, 0) is 5.37 Å². The first kappa shape index (κ1) is 8.36. The van der Waals surface area contributed by atoms with Gasteiger partial charge in [0.05, 0.1) is 6.61 Å². The summed E-state index contributed by atoms with van der Waals surface area (Å²) in [7, 11) is 1.51. The van der Waals surface area contributed by atoms with E-state index < -0.39 is 6.09 Å². The molecule has 0 aliphatic carbocycles. The van der Waals surface area contributed by atoms with Gasteiger partial charge in [0.1, 0.15) is 0 Å². The highest BCUT2D eigenvalue weighted by Gasteiger charge is 1.92. The van der Waals surface area contributed by atoms with E-state index in [2.05, 4.69) is 22.3 Å². The van der Waals surface area contributed by atoms with E-state index in [1.165, 1.54) is 12.4 Å². The van der Waals surface area contributed by atoms with Crippen LogP contribution in [0, 0.1) is 0 Å². The molecule has 0 aliphatic rings. The fourth-order valence-corrected chi connectivity index (χ4v) is 0.368. The normalized spacial score (nSPS) is 8.11. The Balaban J connectivity index is 3.06. The number of carbonyl (C=O) groups is 1. The van der Waals surface area contributed by atoms with E-state index in [0.29, 0.717) is 13.0 Å². The van der Waals surface area contributed by atoms with Crippen molar-refractivity contribution in [2.75, 3.05) is 13.7 Å². The molecule has 0 spiro atoms. The quantitative estimate of drug-likeness (QED) is 0.472. The van der Waals surface area contributed by atoms with Crippen molar-refractivity contribution in [1.29, 1.82) is 0 Å². The van der Waals surface area contributed by atoms with Crippen LogP contribution < -0.4 is 5.32 Å². The van der Waals surface area contributed by atoms with Gasteiger partial charge in [-0.1, -0.05) is 12.2 Å². The zero-order chi connectivity index (χ0) is 7.11. The lowest BCUT2D eigenvalue weighted by Gasteiger charge is -1.98. The molecule has 0 fully saturated rings. The first-order valence-corrected chi connectivity index (χ1v) is 3.06. The van der Waals surface area contributed by atoms with Crippen LogP contribution in [0.3, 0.4) is 0 Å². The number of alkyl carbamates (subject to hydrolysis) is 1. The average molecular weight is 147 g/mol. The molecule has 0 aliphatic heterocycles. The van der Waals surface area contributed by atoms with Gasteiger partial charge >= 0.3 is 6.09 Å². The van der Waals surface area contributed by atoms with Crippen molar-refractivity contribution in [2.45, 2.75) is 6.42 Å². The largest absolute Gasteiger partial charge is 0.449 e. The molecule has 1 amide bonds. The highest BCUT2D eigenvalue weighted by Crippen LogP contribution is 1.79. The predicted octanol–water partition coefficient (Wildman–Crippen LogP) is 0.732. The minimum Gasteiger partial charge on any atom is -0.449 e. The Hall–Kier alpha value is -0.640. The summed E-state index contributed by atoms with van der Waals surface area (Å²) in [4.78, 5) is 10.3. The molecule has 0 radical (unpaired) electrons. The Morgan fingerprint density at radius 3 is 3.00 bits per heavy atom. The third-order valence-corrected chi connectivity index (χ3v) is 0.909. The Bertz CT molecular complexity index is 105. The van der Waals surface area contributed by atoms with Gasteiger partial charge in [-0.15, -0.1) is 0 Å². The van der Waals surface area contributed by atoms with Gasteiger partial charge in [-0.25, -0.2) is 4.79 Å². The molecular formula is C5H9NO2S. The van der Waals surface area contributed by atoms with E-state index in [4.69, 9.17) is 0 Å². The molecule has 3 nitrogen and oxygen atoms in total. The van der Waals surface area contributed by atoms with Crippen LogP contribution in [0.5, 0.6) is 0 Å². The number of rotatable bonds is 3. The van der Waals surface area contributed by atoms with Crippen LogP contribution in [0.4, 0.5) is 4.79 Å². The molecule has 1 N–H and O–H groups in total. The van der Waals surface area contributed by atoms with Gasteiger partial charge in [-0.2, -0.15) is 0 Å². The van der Waals surface area contributed by atoms with E-state index in [1.807, 2.05) is 0 Å². The van der Waals surface area contributed by atoms with Crippen molar-refractivity contribution in [3.05, 3.63) is 0 Å². The van der Waals surface area contributed by atoms with E-state index >= 15 is 0 Å². The summed E-state index contributed by atoms with van der Waals surface area (Å²) < 4.78 is 4.58. The van der Waals surface area contributed by atoms with Gasteiger partial charge in [0.2, 0.25) is 0 Å². The molecule has 0 unspecified atom stereocenters. The van der Waals surface area contributed by atoms with Crippen LogP contribution in [-0.4, -0.2) is 25.1 Å². The third-order valence-electron chi connectivity index (χ3n) is 0.673. The number of carbonyl (C=O) groups excluding carboxylic acids is 1. The van der Waals surface area contributed by atoms with Crippen LogP contribution in [0.15, 0.2) is 0 Å². The fraction of sp³-hybridized carbons (Fsp3) is 0.600. The van der Waals surface area contributed by atoms with Crippen molar-refractivity contribution in [3.63, 3.8) is 0 Å². The minimum atomic E-state index is -0.410. The van der Waals surface area contributed by atoms with Crippen LogP contribution in [0.25, 0.3) is 0 Å². The van der Waals surface area contributed by atoms with Gasteiger partial charge in [0, 0.05) is 13.5 Å². The van der Waals surface area contributed by atoms with Gasteiger partial charge < -0.3 is 10.1 Å². The Morgan fingerprint density at radius 1 is 1.89 bits per heavy atom. The molecule has 9 heavy (non-hydrogen) atoms. The second kappa shape index (κ2) is 5.50. The molecular weight excluding hydrogens is 138 g/mol. The van der Waals surface area contributed by atoms with E-state index in [0.717, 1.165) is 0 Å². The molecule has 0 aromatic heterocycles. The summed E-state index contributed by atoms with van der Waals surface area (Å²) in [5.41, 5.74) is 0. The van der Waals surface area contributed by atoms with Crippen molar-refractivity contribution in [1.82, 2.24) is 5.32 Å². The van der Waals surface area contributed by atoms with Crippen LogP contribution >= 0.6 is 12.2 Å². The molecule has 52 valence electrons. The minimum absolute atomic E-state index is 0.364. The maximum atomic E-state index is 10.3. The summed E-state index contributed by atoms with van der Waals surface area (Å²) in [6.45, 7) is 0.364. The SMILES string of the molecule is CNC(=O)OCCC=S. The summed E-state index contributed by atoms with van der Waals surface area (Å²) >= 11 is 4.50. The molecule has 0 saturated carbocycles. The van der Waals surface area contributed by atoms with E-state index in [-0.39, 0.29) is 0 Å². The van der Waals surface area contributed by atoms with Gasteiger partial charge in [-0.3, -0.25) is 0 Å². The monoisotopic (exact) mass is 147 g/mol. The third kappa shape index (κ3) is 5.23. The molecule has 0 atom stereocenters. The Kier molecular flexibility index (Phi) is 5.11. The number of thiocarbonyl (C=S) groups is 1.